The van der Waals surface area contributed by atoms with Gasteiger partial charge in [0.2, 0.25) is 0 Å². The number of benzene rings is 2. The van der Waals surface area contributed by atoms with E-state index < -0.39 is 0 Å². The lowest BCUT2D eigenvalue weighted by molar-refractivity contribution is 0.589. The van der Waals surface area contributed by atoms with E-state index in [0.29, 0.717) is 6.04 Å². The first-order valence-electron chi connectivity index (χ1n) is 6.98. The summed E-state index contributed by atoms with van der Waals surface area (Å²) in [5.74, 6) is -0.236. The van der Waals surface area contributed by atoms with Gasteiger partial charge in [0.25, 0.3) is 0 Å². The van der Waals surface area contributed by atoms with Gasteiger partial charge in [0.15, 0.2) is 0 Å². The average molecular weight is 307 g/mol. The van der Waals surface area contributed by atoms with E-state index in [4.69, 9.17) is 11.6 Å². The van der Waals surface area contributed by atoms with Crippen molar-refractivity contribution in [2.45, 2.75) is 26.4 Å². The summed E-state index contributed by atoms with van der Waals surface area (Å²) in [6.45, 7) is 4.95. The molecule has 2 rings (SSSR count). The second-order valence-corrected chi connectivity index (χ2v) is 5.75. The molecule has 112 valence electrons. The molecule has 1 N–H and O–H groups in total. The minimum Gasteiger partial charge on any atom is -0.345 e. The topological polar surface area (TPSA) is 15.3 Å². The number of anilines is 2. The zero-order valence-corrected chi connectivity index (χ0v) is 13.3. The van der Waals surface area contributed by atoms with Gasteiger partial charge in [-0.15, -0.1) is 0 Å². The largest absolute Gasteiger partial charge is 0.345 e. The van der Waals surface area contributed by atoms with Crippen LogP contribution in [0.15, 0.2) is 42.5 Å². The highest BCUT2D eigenvalue weighted by molar-refractivity contribution is 6.31. The van der Waals surface area contributed by atoms with E-state index in [2.05, 4.69) is 19.2 Å². The maximum atomic E-state index is 13.0. The van der Waals surface area contributed by atoms with E-state index in [0.717, 1.165) is 28.5 Å². The van der Waals surface area contributed by atoms with E-state index in [1.807, 2.05) is 30.1 Å². The van der Waals surface area contributed by atoms with Crippen molar-refractivity contribution in [1.29, 1.82) is 0 Å². The molecule has 0 aromatic heterocycles. The maximum absolute atomic E-state index is 13.0. The normalized spacial score (nSPS) is 11.0. The first-order valence-corrected chi connectivity index (χ1v) is 7.36. The first-order chi connectivity index (χ1) is 9.97. The summed E-state index contributed by atoms with van der Waals surface area (Å²) < 4.78 is 13.0. The predicted molar refractivity (Wildman–Crippen MR) is 87.9 cm³/mol. The van der Waals surface area contributed by atoms with Crippen molar-refractivity contribution < 1.29 is 4.39 Å². The van der Waals surface area contributed by atoms with Gasteiger partial charge in [0.05, 0.1) is 0 Å². The van der Waals surface area contributed by atoms with Crippen LogP contribution >= 0.6 is 11.6 Å². The highest BCUT2D eigenvalue weighted by Crippen LogP contribution is 2.28. The summed E-state index contributed by atoms with van der Waals surface area (Å²) in [5.41, 5.74) is 2.96. The van der Waals surface area contributed by atoms with Crippen LogP contribution in [0.3, 0.4) is 0 Å². The second-order valence-electron chi connectivity index (χ2n) is 5.35. The van der Waals surface area contributed by atoms with Gasteiger partial charge in [-0.2, -0.15) is 0 Å². The SMILES string of the molecule is CC(C)NCc1ccc(N(C)c2ccc(F)cc2)cc1Cl. The zero-order valence-electron chi connectivity index (χ0n) is 12.5. The van der Waals surface area contributed by atoms with Crippen molar-refractivity contribution in [3.63, 3.8) is 0 Å². The average Bonchev–Trinajstić information content (AvgIpc) is 2.46. The Kier molecular flexibility index (Phi) is 5.21. The molecule has 0 unspecified atom stereocenters. The number of hydrogen-bond donors (Lipinski definition) is 1. The van der Waals surface area contributed by atoms with Crippen molar-refractivity contribution in [2.75, 3.05) is 11.9 Å². The fourth-order valence-corrected chi connectivity index (χ4v) is 2.26. The number of hydrogen-bond acceptors (Lipinski definition) is 2. The number of nitrogens with one attached hydrogen (secondary N) is 1. The van der Waals surface area contributed by atoms with Crippen LogP contribution in [-0.2, 0) is 6.54 Å². The highest BCUT2D eigenvalue weighted by Gasteiger charge is 2.08. The summed E-state index contributed by atoms with van der Waals surface area (Å²) in [6.07, 6.45) is 0. The van der Waals surface area contributed by atoms with Gasteiger partial charge in [-0.05, 0) is 42.0 Å². The van der Waals surface area contributed by atoms with Crippen molar-refractivity contribution >= 4 is 23.0 Å². The molecule has 0 atom stereocenters. The standard InChI is InChI=1S/C17H20ClFN2/c1-12(2)20-11-13-4-7-16(10-17(13)18)21(3)15-8-5-14(19)6-9-15/h4-10,12,20H,11H2,1-3H3. The smallest absolute Gasteiger partial charge is 0.123 e. The molecule has 0 fully saturated rings. The lowest BCUT2D eigenvalue weighted by atomic mass is 10.1. The molecule has 0 saturated heterocycles. The van der Waals surface area contributed by atoms with E-state index in [-0.39, 0.29) is 5.82 Å². The lowest BCUT2D eigenvalue weighted by Crippen LogP contribution is -2.22. The quantitative estimate of drug-likeness (QED) is 0.858. The molecule has 0 aliphatic heterocycles. The summed E-state index contributed by atoms with van der Waals surface area (Å²) >= 11 is 6.34. The molecule has 2 nitrogen and oxygen atoms in total. The van der Waals surface area contributed by atoms with Gasteiger partial charge in [0, 0.05) is 36.0 Å². The number of nitrogens with zero attached hydrogens (tertiary/aromatic N) is 1. The summed E-state index contributed by atoms with van der Waals surface area (Å²) in [7, 11) is 1.94. The molecule has 21 heavy (non-hydrogen) atoms. The van der Waals surface area contributed by atoms with Crippen LogP contribution in [0.4, 0.5) is 15.8 Å². The molecule has 0 amide bonds. The molecule has 0 radical (unpaired) electrons. The minimum atomic E-state index is -0.236. The first kappa shape index (κ1) is 15.8. The Morgan fingerprint density at radius 1 is 1.10 bits per heavy atom. The minimum absolute atomic E-state index is 0.236. The fourth-order valence-electron chi connectivity index (χ4n) is 2.02. The van der Waals surface area contributed by atoms with Crippen molar-refractivity contribution in [1.82, 2.24) is 5.32 Å². The molecule has 0 heterocycles. The van der Waals surface area contributed by atoms with Gasteiger partial charge < -0.3 is 10.2 Å². The maximum Gasteiger partial charge on any atom is 0.123 e. The van der Waals surface area contributed by atoms with Crippen molar-refractivity contribution in [3.8, 4) is 0 Å². The predicted octanol–water partition coefficient (Wildman–Crippen LogP) is 4.75. The summed E-state index contributed by atoms with van der Waals surface area (Å²) in [5, 5.41) is 4.08. The Morgan fingerprint density at radius 2 is 1.71 bits per heavy atom. The van der Waals surface area contributed by atoms with Crippen LogP contribution in [0, 0.1) is 5.82 Å². The Bertz CT molecular complexity index is 596. The zero-order chi connectivity index (χ0) is 15.4. The van der Waals surface area contributed by atoms with Gasteiger partial charge in [-0.25, -0.2) is 4.39 Å². The van der Waals surface area contributed by atoms with Gasteiger partial charge in [-0.1, -0.05) is 31.5 Å². The van der Waals surface area contributed by atoms with Gasteiger partial charge in [-0.3, -0.25) is 0 Å². The fraction of sp³-hybridized carbons (Fsp3) is 0.294. The van der Waals surface area contributed by atoms with Crippen molar-refractivity contribution in [3.05, 3.63) is 58.9 Å². The molecular weight excluding hydrogens is 287 g/mol. The lowest BCUT2D eigenvalue weighted by Gasteiger charge is -2.20. The van der Waals surface area contributed by atoms with Crippen LogP contribution in [0.2, 0.25) is 5.02 Å². The molecular formula is C17H20ClFN2. The van der Waals surface area contributed by atoms with Crippen LogP contribution in [0.25, 0.3) is 0 Å². The number of rotatable bonds is 5. The van der Waals surface area contributed by atoms with E-state index in [9.17, 15) is 4.39 Å². The van der Waals surface area contributed by atoms with Crippen LogP contribution in [-0.4, -0.2) is 13.1 Å². The molecule has 0 aliphatic rings. The van der Waals surface area contributed by atoms with E-state index >= 15 is 0 Å². The Balaban J connectivity index is 2.17. The third-order valence-corrected chi connectivity index (χ3v) is 3.69. The Hall–Kier alpha value is -1.58. The monoisotopic (exact) mass is 306 g/mol. The van der Waals surface area contributed by atoms with Crippen LogP contribution in [0.5, 0.6) is 0 Å². The van der Waals surface area contributed by atoms with E-state index in [1.165, 1.54) is 12.1 Å². The molecule has 0 spiro atoms. The molecule has 2 aromatic rings. The van der Waals surface area contributed by atoms with Gasteiger partial charge >= 0.3 is 0 Å². The molecule has 0 aliphatic carbocycles. The summed E-state index contributed by atoms with van der Waals surface area (Å²) in [4.78, 5) is 1.98. The Morgan fingerprint density at radius 3 is 2.29 bits per heavy atom. The van der Waals surface area contributed by atoms with Crippen molar-refractivity contribution in [2.24, 2.45) is 0 Å². The van der Waals surface area contributed by atoms with Crippen LogP contribution < -0.4 is 10.2 Å². The van der Waals surface area contributed by atoms with Gasteiger partial charge in [0.1, 0.15) is 5.82 Å². The number of halogens is 2. The molecule has 4 heteroatoms. The molecule has 0 saturated carbocycles. The third kappa shape index (κ3) is 4.19. The van der Waals surface area contributed by atoms with E-state index in [1.54, 1.807) is 12.1 Å². The summed E-state index contributed by atoms with van der Waals surface area (Å²) in [6, 6.07) is 12.8. The third-order valence-electron chi connectivity index (χ3n) is 3.34. The molecule has 2 aromatic carbocycles. The second kappa shape index (κ2) is 6.92. The van der Waals surface area contributed by atoms with Crippen LogP contribution in [0.1, 0.15) is 19.4 Å². The molecule has 0 bridgehead atoms. The Labute approximate surface area is 130 Å². The highest BCUT2D eigenvalue weighted by atomic mass is 35.5.